The number of halogens is 3. The van der Waals surface area contributed by atoms with Gasteiger partial charge in [0.15, 0.2) is 5.88 Å². The van der Waals surface area contributed by atoms with Crippen molar-refractivity contribution in [1.29, 1.82) is 0 Å². The van der Waals surface area contributed by atoms with Crippen LogP contribution in [0.2, 0.25) is 5.02 Å². The maximum absolute atomic E-state index is 13.9. The molecule has 0 saturated heterocycles. The highest BCUT2D eigenvalue weighted by Crippen LogP contribution is 2.37. The molecule has 4 heterocycles. The van der Waals surface area contributed by atoms with Crippen LogP contribution in [0.5, 0.6) is 11.6 Å². The number of amides is 3. The van der Waals surface area contributed by atoms with Crippen LogP contribution in [0, 0.1) is 5.82 Å². The normalized spacial score (nSPS) is 13.0. The molecule has 338 valence electrons. The lowest BCUT2D eigenvalue weighted by atomic mass is 10.0. The van der Waals surface area contributed by atoms with Crippen molar-refractivity contribution in [3.05, 3.63) is 153 Å². The maximum atomic E-state index is 13.9. The molecule has 7 aromatic rings. The lowest BCUT2D eigenvalue weighted by Gasteiger charge is -2.30. The van der Waals surface area contributed by atoms with Crippen LogP contribution < -0.4 is 20.3 Å². The Labute approximate surface area is 391 Å². The van der Waals surface area contributed by atoms with Crippen LogP contribution in [0.15, 0.2) is 125 Å². The number of nitrogens with zero attached hydrogens (tertiary/aromatic N) is 6. The molecule has 0 aliphatic carbocycles. The number of aromatic amines is 1. The molecule has 1 aliphatic heterocycles. The molecule has 0 bridgehead atoms. The van der Waals surface area contributed by atoms with Gasteiger partial charge in [-0.3, -0.25) is 24.0 Å². The van der Waals surface area contributed by atoms with Gasteiger partial charge in [-0.05, 0) is 65.9 Å². The number of anilines is 1. The Balaban J connectivity index is 0.804. The molecule has 19 heteroatoms. The van der Waals surface area contributed by atoms with E-state index in [4.69, 9.17) is 37.8 Å². The fraction of sp³-hybridized carbons (Fsp3) is 0.213. The van der Waals surface area contributed by atoms with Crippen LogP contribution in [-0.4, -0.2) is 79.8 Å². The van der Waals surface area contributed by atoms with Crippen LogP contribution in [0.3, 0.4) is 0 Å². The minimum absolute atomic E-state index is 0.0171. The topological polar surface area (TPSA) is 188 Å². The number of ether oxygens (including phenoxy) is 1. The maximum Gasteiger partial charge on any atom is 0.248 e. The first kappa shape index (κ1) is 45.5. The lowest BCUT2D eigenvalue weighted by Crippen LogP contribution is -2.44. The standard InChI is InChI=1S/C47H42Cl2FN9O6S/c48-26-41(61)59(45(39-12-6-23-66-39)47(63)52-20-17-29-8-2-1-3-9-29)32-14-16-38(35(49)25-32)64-28-31-27-58(57-55-31)21-18-40(60)51-19-7-22-65-56-43-34-10-4-5-11-36(34)53-44(43)42-33-15-13-30(50)24-37(33)54-46(42)62/h1-6,8-16,23-25,27,45,54,62H,7,17-22,26,28H2,(H,51,60)(H,52,63)/b56-43+. The first-order valence-corrected chi connectivity index (χ1v) is 22.7. The summed E-state index contributed by atoms with van der Waals surface area (Å²) in [6.07, 6.45) is 2.89. The zero-order chi connectivity index (χ0) is 46.0. The van der Waals surface area contributed by atoms with E-state index in [0.717, 1.165) is 11.1 Å². The Morgan fingerprint density at radius 2 is 1.82 bits per heavy atom. The van der Waals surface area contributed by atoms with E-state index in [1.54, 1.807) is 36.5 Å². The van der Waals surface area contributed by atoms with E-state index >= 15 is 0 Å². The van der Waals surface area contributed by atoms with E-state index in [9.17, 15) is 23.9 Å². The van der Waals surface area contributed by atoms with E-state index < -0.39 is 17.8 Å². The summed E-state index contributed by atoms with van der Waals surface area (Å²) in [6.45, 7) is 1.18. The summed E-state index contributed by atoms with van der Waals surface area (Å²) in [6, 6.07) is 28.8. The molecule has 1 aliphatic rings. The smallest absolute Gasteiger partial charge is 0.248 e. The van der Waals surface area contributed by atoms with E-state index in [2.05, 4.69) is 31.1 Å². The SMILES string of the molecule is O=C(CCn1cc(COc2ccc(N(C(=O)CCl)C(C(=O)NCCc3ccccc3)c3cccs3)cc2Cl)nn1)NCCCO/N=C1/C(c2c(O)[nH]c3cc(F)ccc23)=Nc2ccccc21. The summed E-state index contributed by atoms with van der Waals surface area (Å²) in [5, 5.41) is 31.9. The number of fused-ring (bicyclic) bond motifs is 2. The summed E-state index contributed by atoms with van der Waals surface area (Å²) in [4.78, 5) is 54.9. The Morgan fingerprint density at radius 1 is 0.985 bits per heavy atom. The fourth-order valence-electron chi connectivity index (χ4n) is 7.33. The zero-order valence-corrected chi connectivity index (χ0v) is 37.5. The number of para-hydroxylation sites is 1. The number of benzene rings is 4. The van der Waals surface area contributed by atoms with Gasteiger partial charge < -0.3 is 30.3 Å². The highest BCUT2D eigenvalue weighted by Gasteiger charge is 2.34. The summed E-state index contributed by atoms with van der Waals surface area (Å²) in [5.74, 6) is -1.68. The molecule has 4 aromatic carbocycles. The van der Waals surface area contributed by atoms with Gasteiger partial charge in [0.25, 0.3) is 0 Å². The fourth-order valence-corrected chi connectivity index (χ4v) is 8.50. The van der Waals surface area contributed by atoms with Crippen LogP contribution in [0.4, 0.5) is 15.8 Å². The van der Waals surface area contributed by atoms with Crippen molar-refractivity contribution < 1.29 is 33.5 Å². The van der Waals surface area contributed by atoms with Gasteiger partial charge >= 0.3 is 0 Å². The number of aliphatic imine (C=N–C) groups is 1. The molecule has 0 fully saturated rings. The van der Waals surface area contributed by atoms with Gasteiger partial charge in [-0.15, -0.1) is 28.0 Å². The molecule has 4 N–H and O–H groups in total. The molecule has 3 amide bonds. The van der Waals surface area contributed by atoms with Gasteiger partial charge in [0.2, 0.25) is 17.7 Å². The number of H-pyrrole nitrogens is 1. The summed E-state index contributed by atoms with van der Waals surface area (Å²) < 4.78 is 21.4. The molecule has 8 rings (SSSR count). The lowest BCUT2D eigenvalue weighted by molar-refractivity contribution is -0.125. The number of hydrogen-bond donors (Lipinski definition) is 4. The first-order valence-electron chi connectivity index (χ1n) is 20.9. The largest absolute Gasteiger partial charge is 0.494 e. The number of hydrogen-bond acceptors (Lipinski definition) is 11. The number of aryl methyl sites for hydroxylation is 1. The monoisotopic (exact) mass is 949 g/mol. The summed E-state index contributed by atoms with van der Waals surface area (Å²) >= 11 is 14.1. The van der Waals surface area contributed by atoms with E-state index in [1.807, 2.05) is 66.0 Å². The van der Waals surface area contributed by atoms with E-state index in [-0.39, 0.29) is 54.8 Å². The highest BCUT2D eigenvalue weighted by molar-refractivity contribution is 7.10. The van der Waals surface area contributed by atoms with E-state index in [0.29, 0.717) is 81.5 Å². The van der Waals surface area contributed by atoms with Crippen molar-refractivity contribution in [3.63, 3.8) is 0 Å². The second-order valence-corrected chi connectivity index (χ2v) is 16.6. The molecular weight excluding hydrogens is 909 g/mol. The second-order valence-electron chi connectivity index (χ2n) is 15.0. The van der Waals surface area contributed by atoms with Crippen molar-refractivity contribution in [1.82, 2.24) is 30.6 Å². The summed E-state index contributed by atoms with van der Waals surface area (Å²) in [5.41, 5.74) is 4.93. The van der Waals surface area contributed by atoms with Crippen molar-refractivity contribution in [2.75, 3.05) is 30.5 Å². The molecule has 0 saturated carbocycles. The van der Waals surface area contributed by atoms with Gasteiger partial charge in [-0.1, -0.05) is 76.6 Å². The quantitative estimate of drug-likeness (QED) is 0.0336. The van der Waals surface area contributed by atoms with Crippen LogP contribution in [-0.2, 0) is 38.8 Å². The minimum Gasteiger partial charge on any atom is -0.494 e. The van der Waals surface area contributed by atoms with E-state index in [1.165, 1.54) is 33.1 Å². The number of carbonyl (C=O) groups is 3. The summed E-state index contributed by atoms with van der Waals surface area (Å²) in [7, 11) is 0. The molecule has 3 aromatic heterocycles. The third-order valence-corrected chi connectivity index (χ3v) is 11.9. The number of rotatable bonds is 20. The van der Waals surface area contributed by atoms with Gasteiger partial charge in [0.05, 0.1) is 34.5 Å². The number of alkyl halides is 1. The van der Waals surface area contributed by atoms with Gasteiger partial charge in [0.1, 0.15) is 53.8 Å². The van der Waals surface area contributed by atoms with Crippen molar-refractivity contribution in [3.8, 4) is 11.6 Å². The number of thiophene rings is 1. The third kappa shape index (κ3) is 10.7. The second kappa shape index (κ2) is 21.3. The third-order valence-electron chi connectivity index (χ3n) is 10.5. The van der Waals surface area contributed by atoms with Gasteiger partial charge in [0, 0.05) is 47.4 Å². The molecule has 15 nitrogen and oxygen atoms in total. The number of oxime groups is 1. The molecule has 0 spiro atoms. The van der Waals surface area contributed by atoms with Gasteiger partial charge in [-0.2, -0.15) is 0 Å². The predicted molar refractivity (Wildman–Crippen MR) is 252 cm³/mol. The minimum atomic E-state index is -0.988. The van der Waals surface area contributed by atoms with Crippen molar-refractivity contribution >= 4 is 86.0 Å². The van der Waals surface area contributed by atoms with Crippen molar-refractivity contribution in [2.24, 2.45) is 10.1 Å². The van der Waals surface area contributed by atoms with Crippen LogP contribution >= 0.6 is 34.5 Å². The van der Waals surface area contributed by atoms with Crippen LogP contribution in [0.25, 0.3) is 10.9 Å². The Hall–Kier alpha value is -7.08. The Bertz CT molecular complexity index is 2910. The average Bonchev–Trinajstić information content (AvgIpc) is 4.15. The van der Waals surface area contributed by atoms with Crippen LogP contribution in [0.1, 0.15) is 46.1 Å². The predicted octanol–water partition coefficient (Wildman–Crippen LogP) is 8.02. The Kier molecular flexibility index (Phi) is 14.7. The molecule has 1 unspecified atom stereocenters. The average molecular weight is 951 g/mol. The number of aromatic nitrogens is 4. The zero-order valence-electron chi connectivity index (χ0n) is 35.1. The molecule has 1 atom stereocenters. The number of carbonyl (C=O) groups excluding carboxylic acids is 3. The Morgan fingerprint density at radius 3 is 2.62 bits per heavy atom. The molecular formula is C47H42Cl2FN9O6S. The number of aromatic hydroxyl groups is 1. The number of nitrogens with one attached hydrogen (secondary N) is 3. The van der Waals surface area contributed by atoms with Gasteiger partial charge in [-0.25, -0.2) is 9.38 Å². The molecule has 0 radical (unpaired) electrons. The highest BCUT2D eigenvalue weighted by atomic mass is 35.5. The first-order chi connectivity index (χ1) is 32.2. The van der Waals surface area contributed by atoms with Crippen molar-refractivity contribution in [2.45, 2.75) is 38.5 Å². The molecule has 66 heavy (non-hydrogen) atoms.